The lowest BCUT2D eigenvalue weighted by Gasteiger charge is -2.38. The molecule has 1 aromatic carbocycles. The number of aliphatic hydroxyl groups excluding tert-OH is 1. The lowest BCUT2D eigenvalue weighted by Crippen LogP contribution is -2.35. The van der Waals surface area contributed by atoms with Gasteiger partial charge >= 0.3 is 0 Å². The first-order valence-electron chi connectivity index (χ1n) is 14.9. The van der Waals surface area contributed by atoms with Crippen LogP contribution in [0.4, 0.5) is 11.4 Å². The first-order chi connectivity index (χ1) is 21.3. The van der Waals surface area contributed by atoms with Crippen LogP contribution >= 0.6 is 0 Å². The Kier molecular flexibility index (Phi) is 10.8. The van der Waals surface area contributed by atoms with Gasteiger partial charge in [-0.15, -0.1) is 0 Å². The van der Waals surface area contributed by atoms with Gasteiger partial charge in [0.25, 0.3) is 0 Å². The van der Waals surface area contributed by atoms with Crippen LogP contribution in [0.25, 0.3) is 11.1 Å². The van der Waals surface area contributed by atoms with Gasteiger partial charge in [-0.1, -0.05) is 44.9 Å². The molecule has 3 unspecified atom stereocenters. The highest BCUT2D eigenvalue weighted by Crippen LogP contribution is 2.49. The Bertz CT molecular complexity index is 1550. The fourth-order valence-corrected chi connectivity index (χ4v) is 5.70. The molecular formula is C32H42BN9O2. The van der Waals surface area contributed by atoms with Gasteiger partial charge in [0, 0.05) is 49.5 Å². The summed E-state index contributed by atoms with van der Waals surface area (Å²) in [5.74, 6) is -0.261. The van der Waals surface area contributed by atoms with E-state index in [0.717, 1.165) is 66.4 Å². The molecule has 3 heterocycles. The molecule has 7 N–H and O–H groups in total. The third kappa shape index (κ3) is 6.80. The average molecular weight is 596 g/mol. The van der Waals surface area contributed by atoms with E-state index in [4.69, 9.17) is 24.4 Å². The molecule has 12 heteroatoms. The third-order valence-corrected chi connectivity index (χ3v) is 7.99. The number of aromatic nitrogens is 3. The lowest BCUT2D eigenvalue weighted by atomic mass is 9.90. The van der Waals surface area contributed by atoms with Gasteiger partial charge in [-0.05, 0) is 31.0 Å². The van der Waals surface area contributed by atoms with Crippen molar-refractivity contribution in [3.63, 3.8) is 0 Å². The molecule has 11 nitrogen and oxygen atoms in total. The van der Waals surface area contributed by atoms with E-state index >= 15 is 0 Å². The first-order valence-corrected chi connectivity index (χ1v) is 14.9. The highest BCUT2D eigenvalue weighted by atomic mass is 16.2. The Morgan fingerprint density at radius 2 is 1.98 bits per heavy atom. The molecule has 2 aromatic heterocycles. The van der Waals surface area contributed by atoms with Crippen molar-refractivity contribution >= 4 is 31.3 Å². The number of rotatable bonds is 14. The Balaban J connectivity index is 1.72. The number of aliphatic imine (C=N–C) groups is 1. The van der Waals surface area contributed by atoms with Gasteiger partial charge in [-0.2, -0.15) is 5.10 Å². The zero-order valence-corrected chi connectivity index (χ0v) is 25.9. The maximum atomic E-state index is 11.2. The number of aliphatic hydroxyl groups is 1. The molecular weight excluding hydrogens is 553 g/mol. The molecule has 0 amide bonds. The van der Waals surface area contributed by atoms with Crippen molar-refractivity contribution in [2.45, 2.75) is 57.6 Å². The SMILES string of the molecule is [B]C(NCC(CCCC)n1ncc2c1C(CC)N(C)c1c(NC(=C/C(N)=NC)/C(N)=C\O)cccc1-2)c1cccc(C=O)n1. The van der Waals surface area contributed by atoms with Crippen LogP contribution in [0.5, 0.6) is 0 Å². The number of carbonyl (C=O) groups is 1. The van der Waals surface area contributed by atoms with Gasteiger partial charge < -0.3 is 32.1 Å². The number of amidine groups is 1. The van der Waals surface area contributed by atoms with Crippen LogP contribution in [0.2, 0.25) is 0 Å². The van der Waals surface area contributed by atoms with Gasteiger partial charge in [0.15, 0.2) is 6.29 Å². The second kappa shape index (κ2) is 14.7. The van der Waals surface area contributed by atoms with Gasteiger partial charge in [-0.3, -0.25) is 14.5 Å². The van der Waals surface area contributed by atoms with E-state index in [0.29, 0.717) is 23.6 Å². The number of aldehydes is 1. The minimum atomic E-state index is -0.529. The number of para-hydroxylation sites is 1. The Labute approximate surface area is 260 Å². The monoisotopic (exact) mass is 595 g/mol. The van der Waals surface area contributed by atoms with Gasteiger partial charge in [0.1, 0.15) is 17.8 Å². The highest BCUT2D eigenvalue weighted by molar-refractivity contribution is 6.11. The van der Waals surface area contributed by atoms with Gasteiger partial charge in [0.05, 0.1) is 54.6 Å². The molecule has 4 rings (SSSR count). The van der Waals surface area contributed by atoms with E-state index in [1.807, 2.05) is 24.4 Å². The Morgan fingerprint density at radius 3 is 2.66 bits per heavy atom. The number of nitrogens with two attached hydrogens (primary N) is 2. The number of nitrogens with one attached hydrogen (secondary N) is 2. The molecule has 0 aliphatic carbocycles. The van der Waals surface area contributed by atoms with Crippen molar-refractivity contribution in [1.29, 1.82) is 0 Å². The summed E-state index contributed by atoms with van der Waals surface area (Å²) in [6.07, 6.45) is 8.94. The summed E-state index contributed by atoms with van der Waals surface area (Å²) in [6, 6.07) is 11.4. The van der Waals surface area contributed by atoms with Crippen LogP contribution in [0, 0.1) is 0 Å². The third-order valence-electron chi connectivity index (χ3n) is 7.99. The summed E-state index contributed by atoms with van der Waals surface area (Å²) in [6.45, 7) is 4.93. The topological polar surface area (TPSA) is 160 Å². The van der Waals surface area contributed by atoms with Crippen molar-refractivity contribution in [1.82, 2.24) is 20.1 Å². The van der Waals surface area contributed by atoms with E-state index in [2.05, 4.69) is 57.2 Å². The number of fused-ring (bicyclic) bond motifs is 3. The van der Waals surface area contributed by atoms with E-state index in [1.54, 1.807) is 25.3 Å². The number of unbranched alkanes of at least 4 members (excludes halogenated alkanes) is 1. The largest absolute Gasteiger partial charge is 0.513 e. The highest BCUT2D eigenvalue weighted by Gasteiger charge is 2.35. The van der Waals surface area contributed by atoms with Crippen LogP contribution in [-0.4, -0.2) is 60.5 Å². The van der Waals surface area contributed by atoms with Gasteiger partial charge in [0.2, 0.25) is 0 Å². The maximum absolute atomic E-state index is 11.2. The van der Waals surface area contributed by atoms with E-state index < -0.39 is 5.94 Å². The second-order valence-electron chi connectivity index (χ2n) is 10.8. The van der Waals surface area contributed by atoms with Crippen molar-refractivity contribution in [3.8, 4) is 11.1 Å². The molecule has 0 bridgehead atoms. The summed E-state index contributed by atoms with van der Waals surface area (Å²) >= 11 is 0. The number of carbonyl (C=O) groups excluding carboxylic acids is 1. The summed E-state index contributed by atoms with van der Waals surface area (Å²) < 4.78 is 2.16. The molecule has 1 aliphatic heterocycles. The van der Waals surface area contributed by atoms with Crippen molar-refractivity contribution in [2.75, 3.05) is 30.9 Å². The van der Waals surface area contributed by atoms with Crippen LogP contribution in [0.15, 0.2) is 71.3 Å². The first kappa shape index (κ1) is 32.3. The Morgan fingerprint density at radius 1 is 1.20 bits per heavy atom. The molecule has 2 radical (unpaired) electrons. The molecule has 230 valence electrons. The minimum absolute atomic E-state index is 0.0344. The quantitative estimate of drug-likeness (QED) is 0.0452. The lowest BCUT2D eigenvalue weighted by molar-refractivity contribution is 0.111. The van der Waals surface area contributed by atoms with Crippen LogP contribution < -0.4 is 27.0 Å². The standard InChI is InChI=1S/C32H42BN9O2/c1-5-7-11-21(16-37-32(33)26-14-8-10-20(18-43)39-26)42-31-23(17-38-42)22-12-9-13-25(30(22)41(4)28(31)6-2)40-27(24(34)19-44)15-29(35)36-3/h8-10,12-15,17-19,21,28,32,37,40,44H,5-7,11,16,34H2,1-4H3,(H2,35,36)/b24-19+,27-15+. The van der Waals surface area contributed by atoms with Crippen LogP contribution in [-0.2, 0) is 0 Å². The van der Waals surface area contributed by atoms with Crippen molar-refractivity contribution in [3.05, 3.63) is 83.4 Å². The van der Waals surface area contributed by atoms with Crippen molar-refractivity contribution < 1.29 is 9.90 Å². The number of benzene rings is 1. The number of pyridine rings is 1. The van der Waals surface area contributed by atoms with E-state index in [-0.39, 0.29) is 23.6 Å². The fraction of sp³-hybridized carbons (Fsp3) is 0.375. The van der Waals surface area contributed by atoms with Gasteiger partial charge in [-0.25, -0.2) is 4.98 Å². The molecule has 0 saturated carbocycles. The zero-order chi connectivity index (χ0) is 31.8. The normalized spacial score (nSPS) is 16.7. The summed E-state index contributed by atoms with van der Waals surface area (Å²) in [7, 11) is 10.1. The van der Waals surface area contributed by atoms with Crippen LogP contribution in [0.3, 0.4) is 0 Å². The second-order valence-corrected chi connectivity index (χ2v) is 10.8. The summed E-state index contributed by atoms with van der Waals surface area (Å²) in [4.78, 5) is 21.8. The zero-order valence-electron chi connectivity index (χ0n) is 25.9. The molecule has 0 saturated heterocycles. The summed E-state index contributed by atoms with van der Waals surface area (Å²) in [5, 5.41) is 21.4. The molecule has 44 heavy (non-hydrogen) atoms. The number of hydrogen-bond acceptors (Lipinski definition) is 9. The number of nitrogens with zero attached hydrogens (tertiary/aromatic N) is 5. The maximum Gasteiger partial charge on any atom is 0.168 e. The smallest absolute Gasteiger partial charge is 0.168 e. The van der Waals surface area contributed by atoms with E-state index in [1.165, 1.54) is 0 Å². The van der Waals surface area contributed by atoms with Crippen LogP contribution in [0.1, 0.15) is 79.4 Å². The average Bonchev–Trinajstić information content (AvgIpc) is 3.49. The predicted octanol–water partition coefficient (Wildman–Crippen LogP) is 4.49. The van der Waals surface area contributed by atoms with Crippen molar-refractivity contribution in [2.24, 2.45) is 16.5 Å². The molecule has 0 spiro atoms. The molecule has 1 aliphatic rings. The predicted molar refractivity (Wildman–Crippen MR) is 178 cm³/mol. The molecule has 0 fully saturated rings. The molecule has 3 atom stereocenters. The number of anilines is 2. The number of hydrogen-bond donors (Lipinski definition) is 5. The molecule has 3 aromatic rings. The summed E-state index contributed by atoms with van der Waals surface area (Å²) in [5.41, 5.74) is 18.6. The Hall–Kier alpha value is -4.58. The fourth-order valence-electron chi connectivity index (χ4n) is 5.70. The minimum Gasteiger partial charge on any atom is -0.513 e. The van der Waals surface area contributed by atoms with E-state index in [9.17, 15) is 9.90 Å².